The van der Waals surface area contributed by atoms with Crippen LogP contribution in [0.15, 0.2) is 72.9 Å². The van der Waals surface area contributed by atoms with Gasteiger partial charge in [-0.25, -0.2) is 4.98 Å². The van der Waals surface area contributed by atoms with Gasteiger partial charge in [-0.3, -0.25) is 19.5 Å². The first-order chi connectivity index (χ1) is 19.8. The molecule has 0 radical (unpaired) electrons. The minimum absolute atomic E-state index is 0.112. The van der Waals surface area contributed by atoms with Crippen molar-refractivity contribution in [2.75, 3.05) is 32.1 Å². The number of hydrogen-bond acceptors (Lipinski definition) is 5. The van der Waals surface area contributed by atoms with Crippen LogP contribution in [0.25, 0.3) is 16.9 Å². The minimum Gasteiger partial charge on any atom is -0.497 e. The molecule has 1 aromatic heterocycles. The largest absolute Gasteiger partial charge is 0.497 e. The Morgan fingerprint density at radius 2 is 1.83 bits per heavy atom. The molecular weight excluding hydrogens is 540 g/mol. The van der Waals surface area contributed by atoms with E-state index in [0.717, 1.165) is 29.7 Å². The number of nitrogens with zero attached hydrogens (tertiary/aromatic N) is 3. The lowest BCUT2D eigenvalue weighted by Crippen LogP contribution is -2.42. The zero-order valence-corrected chi connectivity index (χ0v) is 24.1. The number of hydrogen-bond donors (Lipinski definition) is 1. The third kappa shape index (κ3) is 6.78. The van der Waals surface area contributed by atoms with Crippen molar-refractivity contribution in [1.29, 1.82) is 0 Å². The van der Waals surface area contributed by atoms with Crippen molar-refractivity contribution in [1.82, 2.24) is 14.5 Å². The molecule has 9 heteroatoms. The number of anilines is 1. The normalized spacial score (nSPS) is 14.6. The third-order valence-electron chi connectivity index (χ3n) is 7.27. The van der Waals surface area contributed by atoms with E-state index in [4.69, 9.17) is 26.1 Å². The predicted octanol–water partition coefficient (Wildman–Crippen LogP) is 6.08. The summed E-state index contributed by atoms with van der Waals surface area (Å²) in [6.07, 6.45) is 3.55. The minimum atomic E-state index is -0.358. The molecule has 2 heterocycles. The van der Waals surface area contributed by atoms with Gasteiger partial charge in [0.05, 0.1) is 18.9 Å². The highest BCUT2D eigenvalue weighted by atomic mass is 35.5. The van der Waals surface area contributed by atoms with E-state index in [1.165, 1.54) is 10.5 Å². The fourth-order valence-electron chi connectivity index (χ4n) is 4.81. The van der Waals surface area contributed by atoms with E-state index in [2.05, 4.69) is 18.3 Å². The molecular formula is C32H33ClN4O4. The topological polar surface area (TPSA) is 85.7 Å². The molecule has 5 rings (SSSR count). The van der Waals surface area contributed by atoms with Gasteiger partial charge in [0.15, 0.2) is 0 Å². The lowest BCUT2D eigenvalue weighted by molar-refractivity contribution is -0.117. The second-order valence-corrected chi connectivity index (χ2v) is 10.6. The monoisotopic (exact) mass is 572 g/mol. The number of rotatable bonds is 9. The predicted molar refractivity (Wildman–Crippen MR) is 160 cm³/mol. The molecule has 1 fully saturated rings. The average molecular weight is 573 g/mol. The maximum Gasteiger partial charge on any atom is 0.254 e. The SMILES string of the molecule is COc1ccc(C(=O)N(CC(=O)Nc2nc(-c3ccc(Cl)cc3)cn2-c2ccc(C)c(C)c2)C[C@@H]2CCCO2)cc1. The smallest absolute Gasteiger partial charge is 0.254 e. The fraction of sp³-hybridized carbons (Fsp3) is 0.281. The molecule has 2 amide bonds. The molecule has 1 aliphatic rings. The molecule has 1 atom stereocenters. The molecule has 8 nitrogen and oxygen atoms in total. The van der Waals surface area contributed by atoms with Gasteiger partial charge in [-0.15, -0.1) is 0 Å². The second kappa shape index (κ2) is 12.6. The summed E-state index contributed by atoms with van der Waals surface area (Å²) in [5, 5.41) is 3.59. The molecule has 0 spiro atoms. The Morgan fingerprint density at radius 1 is 1.07 bits per heavy atom. The number of benzene rings is 3. The number of halogens is 1. The molecule has 3 aromatic carbocycles. The van der Waals surface area contributed by atoms with E-state index in [1.54, 1.807) is 43.5 Å². The van der Waals surface area contributed by atoms with Gasteiger partial charge < -0.3 is 14.4 Å². The molecule has 41 heavy (non-hydrogen) atoms. The molecule has 0 bridgehead atoms. The number of carbonyl (C=O) groups is 2. The van der Waals surface area contributed by atoms with Gasteiger partial charge in [0.1, 0.15) is 12.3 Å². The van der Waals surface area contributed by atoms with Crippen LogP contribution in [0.4, 0.5) is 5.95 Å². The quantitative estimate of drug-likeness (QED) is 0.263. The Labute approximate surface area is 244 Å². The number of amides is 2. The van der Waals surface area contributed by atoms with Crippen molar-refractivity contribution in [2.24, 2.45) is 0 Å². The van der Waals surface area contributed by atoms with Crippen molar-refractivity contribution in [2.45, 2.75) is 32.8 Å². The third-order valence-corrected chi connectivity index (χ3v) is 7.52. The Bertz CT molecular complexity index is 1530. The summed E-state index contributed by atoms with van der Waals surface area (Å²) in [4.78, 5) is 33.3. The van der Waals surface area contributed by atoms with Crippen molar-refractivity contribution in [3.05, 3.63) is 94.6 Å². The van der Waals surface area contributed by atoms with Crippen LogP contribution >= 0.6 is 11.6 Å². The average Bonchev–Trinajstić information content (AvgIpc) is 3.64. The molecule has 0 unspecified atom stereocenters. The van der Waals surface area contributed by atoms with Crippen LogP contribution in [0.5, 0.6) is 5.75 Å². The van der Waals surface area contributed by atoms with Gasteiger partial charge in [0.25, 0.3) is 5.91 Å². The number of imidazole rings is 1. The first-order valence-corrected chi connectivity index (χ1v) is 14.0. The highest BCUT2D eigenvalue weighted by Crippen LogP contribution is 2.27. The van der Waals surface area contributed by atoms with E-state index < -0.39 is 0 Å². The van der Waals surface area contributed by atoms with Gasteiger partial charge in [0.2, 0.25) is 11.9 Å². The highest BCUT2D eigenvalue weighted by molar-refractivity contribution is 6.30. The molecule has 4 aromatic rings. The molecule has 212 valence electrons. The van der Waals surface area contributed by atoms with Gasteiger partial charge >= 0.3 is 0 Å². The maximum atomic E-state index is 13.5. The number of aryl methyl sites for hydroxylation is 2. The van der Waals surface area contributed by atoms with E-state index in [-0.39, 0.29) is 24.5 Å². The summed E-state index contributed by atoms with van der Waals surface area (Å²) in [6.45, 7) is 4.92. The summed E-state index contributed by atoms with van der Waals surface area (Å²) in [7, 11) is 1.57. The van der Waals surface area contributed by atoms with Crippen LogP contribution in [0.2, 0.25) is 5.02 Å². The molecule has 0 aliphatic carbocycles. The lowest BCUT2D eigenvalue weighted by Gasteiger charge is -2.25. The lowest BCUT2D eigenvalue weighted by atomic mass is 10.1. The maximum absolute atomic E-state index is 13.5. The Hall–Kier alpha value is -4.14. The zero-order chi connectivity index (χ0) is 28.9. The van der Waals surface area contributed by atoms with E-state index in [0.29, 0.717) is 41.1 Å². The number of methoxy groups -OCH3 is 1. The van der Waals surface area contributed by atoms with Gasteiger partial charge in [0, 0.05) is 41.2 Å². The Morgan fingerprint density at radius 3 is 2.49 bits per heavy atom. The molecule has 1 N–H and O–H groups in total. The summed E-state index contributed by atoms with van der Waals surface area (Å²) in [6, 6.07) is 20.3. The number of nitrogens with one attached hydrogen (secondary N) is 1. The van der Waals surface area contributed by atoms with Crippen LogP contribution in [-0.4, -0.2) is 59.2 Å². The second-order valence-electron chi connectivity index (χ2n) is 10.2. The molecule has 1 aliphatic heterocycles. The van der Waals surface area contributed by atoms with E-state index in [9.17, 15) is 9.59 Å². The van der Waals surface area contributed by atoms with Crippen molar-refractivity contribution >= 4 is 29.4 Å². The Balaban J connectivity index is 1.42. The summed E-state index contributed by atoms with van der Waals surface area (Å²) < 4.78 is 12.9. The standard InChI is InChI=1S/C32H33ClN4O4/c1-21-6-13-26(17-22(21)2)37-19-29(23-7-11-25(33)12-8-23)34-32(37)35-30(38)20-36(18-28-5-4-16-41-28)31(39)24-9-14-27(40-3)15-10-24/h6-15,17,19,28H,4-5,16,18,20H2,1-3H3,(H,34,35,38)/t28-/m0/s1. The first-order valence-electron chi connectivity index (χ1n) is 13.6. The number of aromatic nitrogens is 2. The summed E-state index contributed by atoms with van der Waals surface area (Å²) >= 11 is 6.10. The first kappa shape index (κ1) is 28.4. The van der Waals surface area contributed by atoms with Gasteiger partial charge in [-0.05, 0) is 86.3 Å². The molecule has 0 saturated carbocycles. The van der Waals surface area contributed by atoms with Crippen LogP contribution in [0.3, 0.4) is 0 Å². The van der Waals surface area contributed by atoms with Crippen molar-refractivity contribution in [3.8, 4) is 22.7 Å². The van der Waals surface area contributed by atoms with E-state index >= 15 is 0 Å². The summed E-state index contributed by atoms with van der Waals surface area (Å²) in [5.74, 6) is 0.401. The highest BCUT2D eigenvalue weighted by Gasteiger charge is 2.26. The van der Waals surface area contributed by atoms with Crippen LogP contribution in [-0.2, 0) is 9.53 Å². The number of ether oxygens (including phenoxy) is 2. The van der Waals surface area contributed by atoms with E-state index in [1.807, 2.05) is 42.0 Å². The van der Waals surface area contributed by atoms with Crippen LogP contribution in [0, 0.1) is 13.8 Å². The van der Waals surface area contributed by atoms with Crippen molar-refractivity contribution in [3.63, 3.8) is 0 Å². The van der Waals surface area contributed by atoms with Crippen LogP contribution in [0.1, 0.15) is 34.3 Å². The number of carbonyl (C=O) groups excluding carboxylic acids is 2. The van der Waals surface area contributed by atoms with Gasteiger partial charge in [-0.2, -0.15) is 0 Å². The fourth-order valence-corrected chi connectivity index (χ4v) is 4.93. The van der Waals surface area contributed by atoms with Crippen LogP contribution < -0.4 is 10.1 Å². The Kier molecular flexibility index (Phi) is 8.71. The van der Waals surface area contributed by atoms with Gasteiger partial charge in [-0.1, -0.05) is 29.8 Å². The molecule has 1 saturated heterocycles. The zero-order valence-electron chi connectivity index (χ0n) is 23.4. The summed E-state index contributed by atoms with van der Waals surface area (Å²) in [5.41, 5.74) is 5.16. The van der Waals surface area contributed by atoms with Crippen molar-refractivity contribution < 1.29 is 19.1 Å².